The molecule has 0 aliphatic rings. The lowest BCUT2D eigenvalue weighted by Gasteiger charge is -2.14. The normalized spacial score (nSPS) is 10.8. The zero-order valence-corrected chi connectivity index (χ0v) is 13.5. The number of hydrogen-bond acceptors (Lipinski definition) is 5. The van der Waals surface area contributed by atoms with Crippen LogP contribution in [-0.2, 0) is 0 Å². The van der Waals surface area contributed by atoms with E-state index in [0.717, 1.165) is 11.1 Å². The van der Waals surface area contributed by atoms with Crippen LogP contribution in [0.4, 0.5) is 5.95 Å². The van der Waals surface area contributed by atoms with Crippen molar-refractivity contribution in [2.24, 2.45) is 5.84 Å². The minimum absolute atomic E-state index is 0.227. The number of halogens is 2. The van der Waals surface area contributed by atoms with Crippen molar-refractivity contribution in [1.29, 1.82) is 0 Å². The highest BCUT2D eigenvalue weighted by Gasteiger charge is 2.13. The topological polar surface area (TPSA) is 73.1 Å². The number of benzene rings is 1. The van der Waals surface area contributed by atoms with Crippen LogP contribution >= 0.6 is 23.2 Å². The van der Waals surface area contributed by atoms with Crippen molar-refractivity contribution >= 4 is 29.2 Å². The molecule has 0 aliphatic carbocycles. The number of rotatable bonds is 4. The summed E-state index contributed by atoms with van der Waals surface area (Å²) in [7, 11) is 0. The number of nitrogens with zero attached hydrogens (tertiary/aromatic N) is 2. The van der Waals surface area contributed by atoms with Gasteiger partial charge in [0, 0.05) is 5.02 Å². The molecule has 1 aromatic heterocycles. The molecule has 7 heteroatoms. The lowest BCUT2D eigenvalue weighted by Crippen LogP contribution is -2.10. The Labute approximate surface area is 133 Å². The first kappa shape index (κ1) is 15.8. The maximum absolute atomic E-state index is 6.24. The Morgan fingerprint density at radius 3 is 2.57 bits per heavy atom. The predicted octanol–water partition coefficient (Wildman–Crippen LogP) is 4.29. The van der Waals surface area contributed by atoms with Gasteiger partial charge in [0.25, 0.3) is 0 Å². The maximum Gasteiger partial charge on any atom is 0.243 e. The van der Waals surface area contributed by atoms with Crippen molar-refractivity contribution in [1.82, 2.24) is 9.97 Å². The van der Waals surface area contributed by atoms with E-state index in [2.05, 4.69) is 29.2 Å². The molecule has 0 fully saturated rings. The van der Waals surface area contributed by atoms with Crippen LogP contribution < -0.4 is 16.0 Å². The van der Waals surface area contributed by atoms with E-state index >= 15 is 0 Å². The van der Waals surface area contributed by atoms with Crippen molar-refractivity contribution in [2.75, 3.05) is 5.43 Å². The van der Waals surface area contributed by atoms with Gasteiger partial charge in [-0.2, -0.15) is 4.98 Å². The Morgan fingerprint density at radius 2 is 1.95 bits per heavy atom. The molecular formula is C14H16Cl2N4O. The number of aryl methyl sites for hydroxylation is 1. The van der Waals surface area contributed by atoms with Gasteiger partial charge >= 0.3 is 0 Å². The Hall–Kier alpha value is -1.56. The summed E-state index contributed by atoms with van der Waals surface area (Å²) in [4.78, 5) is 7.99. The van der Waals surface area contributed by atoms with E-state index in [1.807, 2.05) is 19.1 Å². The van der Waals surface area contributed by atoms with E-state index in [4.69, 9.17) is 33.8 Å². The minimum Gasteiger partial charge on any atom is -0.437 e. The summed E-state index contributed by atoms with van der Waals surface area (Å²) < 4.78 is 5.79. The highest BCUT2D eigenvalue weighted by atomic mass is 35.5. The van der Waals surface area contributed by atoms with Crippen LogP contribution in [0, 0.1) is 6.92 Å². The summed E-state index contributed by atoms with van der Waals surface area (Å²) in [5.41, 5.74) is 4.24. The summed E-state index contributed by atoms with van der Waals surface area (Å²) in [5, 5.41) is 1.02. The summed E-state index contributed by atoms with van der Waals surface area (Å²) in [6.45, 7) is 6.03. The first-order chi connectivity index (χ1) is 9.92. The number of hydrogen-bond donors (Lipinski definition) is 2. The van der Waals surface area contributed by atoms with Gasteiger partial charge < -0.3 is 4.74 Å². The van der Waals surface area contributed by atoms with Gasteiger partial charge in [-0.25, -0.2) is 10.8 Å². The van der Waals surface area contributed by atoms with Gasteiger partial charge in [-0.05, 0) is 36.1 Å². The van der Waals surface area contributed by atoms with Crippen molar-refractivity contribution in [2.45, 2.75) is 26.7 Å². The van der Waals surface area contributed by atoms with Crippen LogP contribution in [0.1, 0.15) is 30.9 Å². The van der Waals surface area contributed by atoms with Crippen molar-refractivity contribution in [3.05, 3.63) is 39.5 Å². The number of hydrazine groups is 1. The van der Waals surface area contributed by atoms with E-state index in [0.29, 0.717) is 15.8 Å². The number of nitrogen functional groups attached to an aromatic ring is 1. The van der Waals surface area contributed by atoms with E-state index < -0.39 is 0 Å². The largest absolute Gasteiger partial charge is 0.437 e. The SMILES string of the molecule is Cc1cc(Cl)c(C(C)C)cc1Oc1nc(NN)ncc1Cl. The third kappa shape index (κ3) is 3.56. The summed E-state index contributed by atoms with van der Waals surface area (Å²) in [5.74, 6) is 6.67. The van der Waals surface area contributed by atoms with Gasteiger partial charge in [0.15, 0.2) is 0 Å². The van der Waals surface area contributed by atoms with Crippen LogP contribution in [0.15, 0.2) is 18.3 Å². The molecule has 2 rings (SSSR count). The first-order valence-electron chi connectivity index (χ1n) is 6.39. The fraction of sp³-hybridized carbons (Fsp3) is 0.286. The second-order valence-corrected chi connectivity index (χ2v) is 5.70. The van der Waals surface area contributed by atoms with E-state index in [-0.39, 0.29) is 17.7 Å². The Morgan fingerprint density at radius 1 is 1.24 bits per heavy atom. The molecule has 0 aliphatic heterocycles. The van der Waals surface area contributed by atoms with Gasteiger partial charge in [0.1, 0.15) is 10.8 Å². The highest BCUT2D eigenvalue weighted by molar-refractivity contribution is 6.32. The highest BCUT2D eigenvalue weighted by Crippen LogP contribution is 2.35. The summed E-state index contributed by atoms with van der Waals surface area (Å²) in [6.07, 6.45) is 1.42. The minimum atomic E-state index is 0.227. The molecule has 112 valence electrons. The lowest BCUT2D eigenvalue weighted by atomic mass is 10.0. The average molecular weight is 327 g/mol. The molecule has 3 N–H and O–H groups in total. The molecule has 0 radical (unpaired) electrons. The van der Waals surface area contributed by atoms with Gasteiger partial charge in [-0.15, -0.1) is 0 Å². The van der Waals surface area contributed by atoms with Crippen molar-refractivity contribution in [3.8, 4) is 11.6 Å². The fourth-order valence-corrected chi connectivity index (χ4v) is 2.38. The molecule has 0 unspecified atom stereocenters. The average Bonchev–Trinajstić information content (AvgIpc) is 2.43. The number of aromatic nitrogens is 2. The Kier molecular flexibility index (Phi) is 4.88. The lowest BCUT2D eigenvalue weighted by molar-refractivity contribution is 0.458. The van der Waals surface area contributed by atoms with Gasteiger partial charge in [0.2, 0.25) is 11.8 Å². The van der Waals surface area contributed by atoms with Gasteiger partial charge in [-0.1, -0.05) is 37.0 Å². The summed E-state index contributed by atoms with van der Waals surface area (Å²) >= 11 is 12.3. The Balaban J connectivity index is 2.42. The second-order valence-electron chi connectivity index (χ2n) is 4.89. The maximum atomic E-state index is 6.24. The molecule has 2 aromatic rings. The molecule has 0 atom stereocenters. The molecule has 0 saturated heterocycles. The van der Waals surface area contributed by atoms with Crippen LogP contribution in [-0.4, -0.2) is 9.97 Å². The van der Waals surface area contributed by atoms with Crippen molar-refractivity contribution in [3.63, 3.8) is 0 Å². The third-order valence-corrected chi connectivity index (χ3v) is 3.55. The Bertz CT molecular complexity index is 662. The number of anilines is 1. The van der Waals surface area contributed by atoms with Gasteiger partial charge in [0.05, 0.1) is 6.20 Å². The van der Waals surface area contributed by atoms with E-state index in [9.17, 15) is 0 Å². The molecule has 0 amide bonds. The van der Waals surface area contributed by atoms with Crippen LogP contribution in [0.2, 0.25) is 10.0 Å². The number of nitrogens with two attached hydrogens (primary N) is 1. The molecule has 5 nitrogen and oxygen atoms in total. The standard InChI is InChI=1S/C14H16Cl2N4O/c1-7(2)9-5-12(8(3)4-10(9)15)21-13-11(16)6-18-14(19-13)20-17/h4-7H,17H2,1-3H3,(H,18,19,20). The van der Waals surface area contributed by atoms with E-state index in [1.165, 1.54) is 6.20 Å². The number of nitrogens with one attached hydrogen (secondary N) is 1. The van der Waals surface area contributed by atoms with Crippen molar-refractivity contribution < 1.29 is 4.74 Å². The molecule has 0 saturated carbocycles. The molecule has 0 spiro atoms. The van der Waals surface area contributed by atoms with Crippen LogP contribution in [0.3, 0.4) is 0 Å². The van der Waals surface area contributed by atoms with Crippen LogP contribution in [0.25, 0.3) is 0 Å². The zero-order valence-electron chi connectivity index (χ0n) is 11.9. The number of ether oxygens (including phenoxy) is 1. The fourth-order valence-electron chi connectivity index (χ4n) is 1.82. The van der Waals surface area contributed by atoms with E-state index in [1.54, 1.807) is 0 Å². The molecule has 1 heterocycles. The quantitative estimate of drug-likeness (QED) is 0.647. The summed E-state index contributed by atoms with van der Waals surface area (Å²) in [6, 6.07) is 3.76. The van der Waals surface area contributed by atoms with Crippen LogP contribution in [0.5, 0.6) is 11.6 Å². The molecular weight excluding hydrogens is 311 g/mol. The molecule has 1 aromatic carbocycles. The predicted molar refractivity (Wildman–Crippen MR) is 85.2 cm³/mol. The zero-order chi connectivity index (χ0) is 15.6. The second kappa shape index (κ2) is 6.47. The van der Waals surface area contributed by atoms with Gasteiger partial charge in [-0.3, -0.25) is 5.43 Å². The monoisotopic (exact) mass is 326 g/mol. The molecule has 0 bridgehead atoms. The third-order valence-electron chi connectivity index (χ3n) is 2.96. The molecule has 21 heavy (non-hydrogen) atoms. The first-order valence-corrected chi connectivity index (χ1v) is 7.15. The smallest absolute Gasteiger partial charge is 0.243 e.